The van der Waals surface area contributed by atoms with Crippen molar-refractivity contribution in [1.82, 2.24) is 0 Å². The Hall–Kier alpha value is -1.25. The highest BCUT2D eigenvalue weighted by Crippen LogP contribution is 2.08. The number of hydrogen-bond acceptors (Lipinski definition) is 1. The van der Waals surface area contributed by atoms with Gasteiger partial charge in [0, 0.05) is 23.4 Å². The molecule has 84 valence electrons. The molecule has 1 aromatic carbocycles. The molecule has 1 heterocycles. The van der Waals surface area contributed by atoms with Gasteiger partial charge in [-0.2, -0.15) is 4.57 Å². The molecule has 2 aromatic rings. The Morgan fingerprint density at radius 2 is 1.81 bits per heavy atom. The van der Waals surface area contributed by atoms with Crippen LogP contribution in [0.15, 0.2) is 48.7 Å². The number of nitrogens with zero attached hydrogens (tertiary/aromatic N) is 1. The molecule has 0 aliphatic carbocycles. The largest absolute Gasteiger partial charge is 1.00 e. The average molecular weight is 255 g/mol. The predicted molar refractivity (Wildman–Crippen MR) is 61.6 cm³/mol. The number of nitrogens with two attached hydrogens (primary N) is 1. The van der Waals surface area contributed by atoms with E-state index < -0.39 is 0 Å². The molecule has 0 saturated carbocycles. The van der Waals surface area contributed by atoms with E-state index in [-0.39, 0.29) is 12.4 Å². The Balaban J connectivity index is 0.00000128. The molecule has 0 spiro atoms. The second-order valence-electron chi connectivity index (χ2n) is 3.40. The first-order valence-corrected chi connectivity index (χ1v) is 5.12. The van der Waals surface area contributed by atoms with Crippen molar-refractivity contribution in [1.29, 1.82) is 0 Å². The van der Waals surface area contributed by atoms with Crippen LogP contribution in [0.25, 0.3) is 0 Å². The lowest BCUT2D eigenvalue weighted by molar-refractivity contribution is -0.686. The Morgan fingerprint density at radius 1 is 1.12 bits per heavy atom. The van der Waals surface area contributed by atoms with E-state index >= 15 is 0 Å². The minimum absolute atomic E-state index is 0. The number of aromatic nitrogens is 1. The van der Waals surface area contributed by atoms with Crippen LogP contribution in [-0.4, -0.2) is 0 Å². The topological polar surface area (TPSA) is 29.9 Å². The maximum Gasteiger partial charge on any atom is 0.277 e. The third-order valence-corrected chi connectivity index (χ3v) is 2.53. The minimum Gasteiger partial charge on any atom is -1.00 e. The lowest BCUT2D eigenvalue weighted by atomic mass is 10.2. The first kappa shape index (κ1) is 12.8. The van der Waals surface area contributed by atoms with Gasteiger partial charge in [-0.1, -0.05) is 30.3 Å². The molecule has 0 unspecified atom stereocenters. The zero-order valence-electron chi connectivity index (χ0n) is 8.61. The van der Waals surface area contributed by atoms with Gasteiger partial charge < -0.3 is 18.1 Å². The maximum absolute atomic E-state index is 6.06. The van der Waals surface area contributed by atoms with Gasteiger partial charge in [0.05, 0.1) is 0 Å². The highest BCUT2D eigenvalue weighted by molar-refractivity contribution is 6.28. The highest BCUT2D eigenvalue weighted by Gasteiger charge is 2.08. The molecule has 0 radical (unpaired) electrons. The number of hydrogen-bond donors (Lipinski definition) is 1. The van der Waals surface area contributed by atoms with Crippen LogP contribution >= 0.6 is 11.6 Å². The smallest absolute Gasteiger partial charge is 0.277 e. The first-order valence-electron chi connectivity index (χ1n) is 4.74. The van der Waals surface area contributed by atoms with Crippen LogP contribution in [0.3, 0.4) is 0 Å². The molecule has 0 aliphatic rings. The van der Waals surface area contributed by atoms with Crippen LogP contribution in [0.5, 0.6) is 0 Å². The molecule has 16 heavy (non-hydrogen) atoms. The normalized spacial score (nSPS) is 9.56. The molecule has 4 heteroatoms. The molecular weight excluding hydrogens is 243 g/mol. The monoisotopic (exact) mass is 254 g/mol. The lowest BCUT2D eigenvalue weighted by Gasteiger charge is -1.99. The van der Waals surface area contributed by atoms with Gasteiger partial charge in [-0.15, -0.1) is 0 Å². The van der Waals surface area contributed by atoms with E-state index in [0.717, 1.165) is 6.54 Å². The number of halogens is 2. The molecular formula is C12H12Cl2N2. The van der Waals surface area contributed by atoms with Crippen molar-refractivity contribution in [2.75, 3.05) is 5.73 Å². The number of pyridine rings is 1. The summed E-state index contributed by atoms with van der Waals surface area (Å²) in [5, 5.41) is 0.652. The lowest BCUT2D eigenvalue weighted by Crippen LogP contribution is -3.00. The van der Waals surface area contributed by atoms with E-state index in [4.69, 9.17) is 17.3 Å². The average Bonchev–Trinajstić information content (AvgIpc) is 2.24. The summed E-state index contributed by atoms with van der Waals surface area (Å²) in [6, 6.07) is 13.8. The zero-order chi connectivity index (χ0) is 10.7. The van der Waals surface area contributed by atoms with Crippen molar-refractivity contribution >= 4 is 17.3 Å². The van der Waals surface area contributed by atoms with Gasteiger partial charge in [-0.05, 0) is 11.6 Å². The molecule has 2 rings (SSSR count). The Kier molecular flexibility index (Phi) is 4.59. The van der Waals surface area contributed by atoms with Crippen LogP contribution in [-0.2, 0) is 6.54 Å². The van der Waals surface area contributed by atoms with E-state index in [1.54, 1.807) is 6.07 Å². The van der Waals surface area contributed by atoms with Gasteiger partial charge in [-0.3, -0.25) is 0 Å². The molecule has 0 amide bonds. The van der Waals surface area contributed by atoms with Crippen LogP contribution in [0.4, 0.5) is 5.69 Å². The summed E-state index contributed by atoms with van der Waals surface area (Å²) in [5.41, 5.74) is 7.52. The number of rotatable bonds is 2. The van der Waals surface area contributed by atoms with Crippen LogP contribution in [0.1, 0.15) is 5.56 Å². The number of anilines is 1. The minimum atomic E-state index is 0. The van der Waals surface area contributed by atoms with Crippen molar-refractivity contribution in [2.24, 2.45) is 0 Å². The fraction of sp³-hybridized carbons (Fsp3) is 0.0833. The molecule has 0 bridgehead atoms. The quantitative estimate of drug-likeness (QED) is 0.556. The van der Waals surface area contributed by atoms with Gasteiger partial charge in [-0.25, -0.2) is 0 Å². The fourth-order valence-corrected chi connectivity index (χ4v) is 1.67. The molecule has 0 atom stereocenters. The predicted octanol–water partition coefficient (Wildman–Crippen LogP) is -0.738. The summed E-state index contributed by atoms with van der Waals surface area (Å²) in [7, 11) is 0. The summed E-state index contributed by atoms with van der Waals surface area (Å²) >= 11 is 6.06. The van der Waals surface area contributed by atoms with Gasteiger partial charge >= 0.3 is 0 Å². The summed E-state index contributed by atoms with van der Waals surface area (Å²) in [4.78, 5) is 0. The molecule has 1 aromatic heterocycles. The van der Waals surface area contributed by atoms with Crippen molar-refractivity contribution in [3.8, 4) is 0 Å². The van der Waals surface area contributed by atoms with E-state index in [1.807, 2.05) is 35.0 Å². The van der Waals surface area contributed by atoms with Crippen LogP contribution in [0.2, 0.25) is 5.15 Å². The SMILES string of the molecule is Nc1cc[n+](Cc2ccccc2)c(Cl)c1.[Cl-]. The fourth-order valence-electron chi connectivity index (χ4n) is 1.42. The molecule has 0 saturated heterocycles. The second-order valence-corrected chi connectivity index (χ2v) is 3.78. The molecule has 0 fully saturated rings. The molecule has 0 aliphatic heterocycles. The van der Waals surface area contributed by atoms with E-state index in [0.29, 0.717) is 10.8 Å². The van der Waals surface area contributed by atoms with Gasteiger partial charge in [0.15, 0.2) is 12.7 Å². The Bertz CT molecular complexity index is 458. The van der Waals surface area contributed by atoms with Crippen LogP contribution in [0, 0.1) is 0 Å². The summed E-state index contributed by atoms with van der Waals surface area (Å²) in [6.45, 7) is 0.764. The van der Waals surface area contributed by atoms with E-state index in [9.17, 15) is 0 Å². The molecule has 2 nitrogen and oxygen atoms in total. The van der Waals surface area contributed by atoms with Gasteiger partial charge in [0.1, 0.15) is 0 Å². The molecule has 2 N–H and O–H groups in total. The zero-order valence-corrected chi connectivity index (χ0v) is 10.1. The number of benzene rings is 1. The summed E-state index contributed by atoms with van der Waals surface area (Å²) in [6.07, 6.45) is 1.89. The van der Waals surface area contributed by atoms with Gasteiger partial charge in [0.2, 0.25) is 0 Å². The van der Waals surface area contributed by atoms with E-state index in [1.165, 1.54) is 5.56 Å². The summed E-state index contributed by atoms with van der Waals surface area (Å²) < 4.78 is 1.95. The van der Waals surface area contributed by atoms with Crippen molar-refractivity contribution < 1.29 is 17.0 Å². The second kappa shape index (κ2) is 5.73. The van der Waals surface area contributed by atoms with E-state index in [2.05, 4.69) is 12.1 Å². The third-order valence-electron chi connectivity index (χ3n) is 2.20. The van der Waals surface area contributed by atoms with Crippen molar-refractivity contribution in [2.45, 2.75) is 6.54 Å². The summed E-state index contributed by atoms with van der Waals surface area (Å²) in [5.74, 6) is 0. The maximum atomic E-state index is 6.06. The van der Waals surface area contributed by atoms with Gasteiger partial charge in [0.25, 0.3) is 5.15 Å². The third kappa shape index (κ3) is 3.12. The Labute approximate surface area is 106 Å². The standard InChI is InChI=1S/C12H11ClN2.ClH/c13-12-8-11(14)6-7-15(12)9-10-4-2-1-3-5-10;/h1-8,14H,9H2;1H. The highest BCUT2D eigenvalue weighted by atomic mass is 35.5. The Morgan fingerprint density at radius 3 is 2.44 bits per heavy atom. The van der Waals surface area contributed by atoms with Crippen molar-refractivity contribution in [3.05, 3.63) is 59.4 Å². The van der Waals surface area contributed by atoms with Crippen LogP contribution < -0.4 is 22.7 Å². The van der Waals surface area contributed by atoms with Crippen molar-refractivity contribution in [3.63, 3.8) is 0 Å². The number of nitrogen functional groups attached to an aromatic ring is 1. The first-order chi connectivity index (χ1) is 7.25.